The second kappa shape index (κ2) is 5.12. The monoisotopic (exact) mass is 271 g/mol. The molecule has 0 fully saturated rings. The van der Waals surface area contributed by atoms with E-state index in [9.17, 15) is 9.59 Å². The third-order valence-corrected chi connectivity index (χ3v) is 3.99. The maximum absolute atomic E-state index is 12.5. The average molecular weight is 271 g/mol. The van der Waals surface area contributed by atoms with E-state index in [-0.39, 0.29) is 11.8 Å². The normalized spacial score (nSPS) is 19.1. The summed E-state index contributed by atoms with van der Waals surface area (Å²) in [6.45, 7) is 0. The van der Waals surface area contributed by atoms with Gasteiger partial charge in [0.2, 0.25) is 5.91 Å². The summed E-state index contributed by atoms with van der Waals surface area (Å²) in [4.78, 5) is 26.1. The van der Waals surface area contributed by atoms with Crippen molar-refractivity contribution in [3.63, 3.8) is 0 Å². The number of carbonyl (C=O) groups excluding carboxylic acids is 2. The van der Waals surface area contributed by atoms with Crippen molar-refractivity contribution >= 4 is 17.5 Å². The van der Waals surface area contributed by atoms with E-state index in [2.05, 4.69) is 0 Å². The van der Waals surface area contributed by atoms with Gasteiger partial charge in [-0.05, 0) is 49.9 Å². The molecule has 1 heterocycles. The molecule has 0 aromatic heterocycles. The molecule has 1 aromatic carbocycles. The highest BCUT2D eigenvalue weighted by atomic mass is 16.5. The summed E-state index contributed by atoms with van der Waals surface area (Å²) >= 11 is 0. The molecule has 0 bridgehead atoms. The van der Waals surface area contributed by atoms with Gasteiger partial charge in [-0.1, -0.05) is 5.57 Å². The van der Waals surface area contributed by atoms with Crippen molar-refractivity contribution in [2.75, 3.05) is 12.0 Å². The van der Waals surface area contributed by atoms with E-state index < -0.39 is 0 Å². The first-order valence-electron chi connectivity index (χ1n) is 6.93. The van der Waals surface area contributed by atoms with Gasteiger partial charge in [-0.3, -0.25) is 9.59 Å². The highest BCUT2D eigenvalue weighted by molar-refractivity contribution is 6.23. The lowest BCUT2D eigenvalue weighted by molar-refractivity contribution is -0.125. The number of methoxy groups -OCH3 is 1. The number of benzene rings is 1. The van der Waals surface area contributed by atoms with Crippen LogP contribution in [0.1, 0.15) is 32.1 Å². The Balaban J connectivity index is 1.95. The van der Waals surface area contributed by atoms with E-state index in [1.165, 1.54) is 4.90 Å². The molecule has 0 saturated carbocycles. The molecule has 0 unspecified atom stereocenters. The zero-order valence-corrected chi connectivity index (χ0v) is 11.5. The minimum atomic E-state index is -0.138. The SMILES string of the molecule is COc1ccc(N2C(=O)CC3=C(CCCC3)C2=O)cc1. The van der Waals surface area contributed by atoms with Crippen molar-refractivity contribution in [2.45, 2.75) is 32.1 Å². The minimum absolute atomic E-state index is 0.124. The Hall–Kier alpha value is -2.10. The molecule has 0 atom stereocenters. The van der Waals surface area contributed by atoms with E-state index in [1.807, 2.05) is 0 Å². The Labute approximate surface area is 118 Å². The van der Waals surface area contributed by atoms with E-state index in [1.54, 1.807) is 31.4 Å². The highest BCUT2D eigenvalue weighted by Crippen LogP contribution is 2.34. The number of rotatable bonds is 2. The maximum Gasteiger partial charge on any atom is 0.260 e. The number of hydrogen-bond donors (Lipinski definition) is 0. The summed E-state index contributed by atoms with van der Waals surface area (Å²) in [6, 6.07) is 7.04. The molecule has 4 heteroatoms. The second-order valence-electron chi connectivity index (χ2n) is 5.20. The average Bonchev–Trinajstić information content (AvgIpc) is 2.48. The Morgan fingerprint density at radius 3 is 2.45 bits per heavy atom. The fourth-order valence-electron chi connectivity index (χ4n) is 2.92. The summed E-state index contributed by atoms with van der Waals surface area (Å²) in [5.41, 5.74) is 2.53. The Morgan fingerprint density at radius 1 is 1.05 bits per heavy atom. The topological polar surface area (TPSA) is 46.6 Å². The lowest BCUT2D eigenvalue weighted by Crippen LogP contribution is -2.42. The first kappa shape index (κ1) is 12.9. The van der Waals surface area contributed by atoms with Crippen molar-refractivity contribution in [3.8, 4) is 5.75 Å². The van der Waals surface area contributed by atoms with Crippen LogP contribution < -0.4 is 9.64 Å². The third kappa shape index (κ3) is 2.11. The zero-order chi connectivity index (χ0) is 14.1. The van der Waals surface area contributed by atoms with E-state index in [4.69, 9.17) is 4.74 Å². The van der Waals surface area contributed by atoms with Crippen LogP contribution in [0.3, 0.4) is 0 Å². The Morgan fingerprint density at radius 2 is 1.75 bits per heavy atom. The van der Waals surface area contributed by atoms with Gasteiger partial charge in [-0.25, -0.2) is 4.90 Å². The van der Waals surface area contributed by atoms with Gasteiger partial charge in [-0.15, -0.1) is 0 Å². The molecule has 20 heavy (non-hydrogen) atoms. The summed E-state index contributed by atoms with van der Waals surface area (Å²) in [5.74, 6) is 0.449. The first-order chi connectivity index (χ1) is 9.70. The molecule has 1 aliphatic heterocycles. The van der Waals surface area contributed by atoms with Gasteiger partial charge in [0.1, 0.15) is 5.75 Å². The van der Waals surface area contributed by atoms with Crippen molar-refractivity contribution in [3.05, 3.63) is 35.4 Å². The number of anilines is 1. The van der Waals surface area contributed by atoms with E-state index >= 15 is 0 Å². The lowest BCUT2D eigenvalue weighted by atomic mass is 9.86. The molecular formula is C16H17NO3. The number of imide groups is 1. The van der Waals surface area contributed by atoms with Crippen LogP contribution in [0.2, 0.25) is 0 Å². The molecule has 1 aliphatic carbocycles. The van der Waals surface area contributed by atoms with Crippen LogP contribution in [-0.4, -0.2) is 18.9 Å². The number of ether oxygens (including phenoxy) is 1. The molecule has 3 rings (SSSR count). The summed E-state index contributed by atoms with van der Waals surface area (Å²) in [6.07, 6.45) is 4.20. The molecule has 0 spiro atoms. The second-order valence-corrected chi connectivity index (χ2v) is 5.20. The maximum atomic E-state index is 12.5. The molecule has 0 saturated heterocycles. The molecule has 1 aromatic rings. The molecule has 2 aliphatic rings. The standard InChI is InChI=1S/C16H17NO3/c1-20-13-8-6-12(7-9-13)17-15(18)10-11-4-2-3-5-14(11)16(17)19/h6-9H,2-5,10H2,1H3. The number of carbonyl (C=O) groups is 2. The number of hydrogen-bond acceptors (Lipinski definition) is 3. The van der Waals surface area contributed by atoms with Gasteiger partial charge in [0, 0.05) is 12.0 Å². The van der Waals surface area contributed by atoms with Crippen LogP contribution in [0.4, 0.5) is 5.69 Å². The number of amides is 2. The van der Waals surface area contributed by atoms with Gasteiger partial charge in [0.25, 0.3) is 5.91 Å². The van der Waals surface area contributed by atoms with Crippen LogP contribution in [0, 0.1) is 0 Å². The van der Waals surface area contributed by atoms with Crippen LogP contribution in [-0.2, 0) is 9.59 Å². The number of nitrogens with zero attached hydrogens (tertiary/aromatic N) is 1. The van der Waals surface area contributed by atoms with Crippen LogP contribution >= 0.6 is 0 Å². The molecular weight excluding hydrogens is 254 g/mol. The zero-order valence-electron chi connectivity index (χ0n) is 11.5. The van der Waals surface area contributed by atoms with Gasteiger partial charge in [-0.2, -0.15) is 0 Å². The van der Waals surface area contributed by atoms with Gasteiger partial charge < -0.3 is 4.74 Å². The smallest absolute Gasteiger partial charge is 0.260 e. The van der Waals surface area contributed by atoms with Crippen LogP contribution in [0.5, 0.6) is 5.75 Å². The highest BCUT2D eigenvalue weighted by Gasteiger charge is 2.34. The van der Waals surface area contributed by atoms with Gasteiger partial charge >= 0.3 is 0 Å². The molecule has 2 amide bonds. The largest absolute Gasteiger partial charge is 0.497 e. The quantitative estimate of drug-likeness (QED) is 0.777. The molecule has 4 nitrogen and oxygen atoms in total. The molecule has 0 radical (unpaired) electrons. The Kier molecular flexibility index (Phi) is 3.30. The van der Waals surface area contributed by atoms with E-state index in [0.29, 0.717) is 17.9 Å². The first-order valence-corrected chi connectivity index (χ1v) is 6.93. The fraction of sp³-hybridized carbons (Fsp3) is 0.375. The van der Waals surface area contributed by atoms with Crippen LogP contribution in [0.15, 0.2) is 35.4 Å². The Bertz CT molecular complexity index is 586. The van der Waals surface area contributed by atoms with Crippen molar-refractivity contribution in [1.82, 2.24) is 0 Å². The minimum Gasteiger partial charge on any atom is -0.497 e. The fourth-order valence-corrected chi connectivity index (χ4v) is 2.92. The molecule has 0 N–H and O–H groups in total. The van der Waals surface area contributed by atoms with Crippen molar-refractivity contribution in [2.24, 2.45) is 0 Å². The van der Waals surface area contributed by atoms with Crippen molar-refractivity contribution < 1.29 is 14.3 Å². The van der Waals surface area contributed by atoms with Crippen molar-refractivity contribution in [1.29, 1.82) is 0 Å². The summed E-state index contributed by atoms with van der Waals surface area (Å²) in [7, 11) is 1.59. The van der Waals surface area contributed by atoms with Gasteiger partial charge in [0.05, 0.1) is 12.8 Å². The van der Waals surface area contributed by atoms with Crippen LogP contribution in [0.25, 0.3) is 0 Å². The predicted octanol–water partition coefficient (Wildman–Crippen LogP) is 2.83. The summed E-state index contributed by atoms with van der Waals surface area (Å²) < 4.78 is 5.10. The van der Waals surface area contributed by atoms with E-state index in [0.717, 1.165) is 36.8 Å². The summed E-state index contributed by atoms with van der Waals surface area (Å²) in [5, 5.41) is 0. The molecule has 104 valence electrons. The lowest BCUT2D eigenvalue weighted by Gasteiger charge is -2.31. The predicted molar refractivity (Wildman–Crippen MR) is 75.6 cm³/mol. The van der Waals surface area contributed by atoms with Gasteiger partial charge in [0.15, 0.2) is 0 Å². The third-order valence-electron chi connectivity index (χ3n) is 3.99.